The molecule has 11 heteroatoms. The van der Waals surface area contributed by atoms with Gasteiger partial charge in [0.05, 0.1) is 11.9 Å². The zero-order valence-electron chi connectivity index (χ0n) is 18.7. The number of aryl methyl sites for hydroxylation is 1. The van der Waals surface area contributed by atoms with Crippen LogP contribution < -0.4 is 9.62 Å². The van der Waals surface area contributed by atoms with Gasteiger partial charge in [0.2, 0.25) is 21.8 Å². The van der Waals surface area contributed by atoms with Crippen molar-refractivity contribution in [2.24, 2.45) is 0 Å². The Balaban J connectivity index is 2.48. The number of sulfonamides is 1. The van der Waals surface area contributed by atoms with Crippen LogP contribution >= 0.6 is 34.8 Å². The second-order valence-electron chi connectivity index (χ2n) is 7.49. The van der Waals surface area contributed by atoms with E-state index in [0.29, 0.717) is 38.4 Å². The van der Waals surface area contributed by atoms with Gasteiger partial charge in [0.1, 0.15) is 12.6 Å². The normalized spacial score (nSPS) is 12.2. The topological polar surface area (TPSA) is 86.8 Å². The van der Waals surface area contributed by atoms with Crippen LogP contribution in [0.3, 0.4) is 0 Å². The van der Waals surface area contributed by atoms with Gasteiger partial charge in [-0.05, 0) is 56.7 Å². The Morgan fingerprint density at radius 2 is 1.70 bits per heavy atom. The lowest BCUT2D eigenvalue weighted by Crippen LogP contribution is -2.51. The van der Waals surface area contributed by atoms with E-state index in [0.717, 1.165) is 10.6 Å². The van der Waals surface area contributed by atoms with Crippen molar-refractivity contribution in [3.8, 4) is 0 Å². The largest absolute Gasteiger partial charge is 0.355 e. The molecule has 0 heterocycles. The molecule has 0 aromatic heterocycles. The Morgan fingerprint density at radius 1 is 1.09 bits per heavy atom. The third-order valence-corrected chi connectivity index (χ3v) is 7.08. The summed E-state index contributed by atoms with van der Waals surface area (Å²) in [5.74, 6) is -0.980. The predicted octanol–water partition coefficient (Wildman–Crippen LogP) is 4.27. The highest BCUT2D eigenvalue weighted by atomic mass is 35.5. The van der Waals surface area contributed by atoms with Crippen LogP contribution in [0, 0.1) is 6.92 Å². The molecule has 0 aliphatic heterocycles. The summed E-state index contributed by atoms with van der Waals surface area (Å²) in [5, 5.41) is 3.78. The number of halogens is 3. The molecule has 2 rings (SSSR count). The van der Waals surface area contributed by atoms with E-state index in [-0.39, 0.29) is 12.5 Å². The zero-order chi connectivity index (χ0) is 24.9. The van der Waals surface area contributed by atoms with E-state index in [4.69, 9.17) is 34.8 Å². The number of hydrogen-bond donors (Lipinski definition) is 1. The zero-order valence-corrected chi connectivity index (χ0v) is 21.8. The van der Waals surface area contributed by atoms with Gasteiger partial charge in [0.15, 0.2) is 0 Å². The molecular weight excluding hydrogens is 509 g/mol. The number of hydrogen-bond acceptors (Lipinski definition) is 4. The molecule has 0 spiro atoms. The maximum atomic E-state index is 13.5. The van der Waals surface area contributed by atoms with Crippen LogP contribution in [0.1, 0.15) is 25.0 Å². The number of nitrogens with zero attached hydrogens (tertiary/aromatic N) is 2. The maximum Gasteiger partial charge on any atom is 0.244 e. The third-order valence-electron chi connectivity index (χ3n) is 5.02. The molecule has 0 bridgehead atoms. The number of carbonyl (C=O) groups is 2. The molecule has 0 aliphatic rings. The number of amides is 2. The number of rotatable bonds is 9. The number of carbonyl (C=O) groups excluding carboxylic acids is 2. The van der Waals surface area contributed by atoms with Crippen LogP contribution in [0.4, 0.5) is 5.69 Å². The lowest BCUT2D eigenvalue weighted by Gasteiger charge is -2.32. The fourth-order valence-corrected chi connectivity index (χ4v) is 4.90. The van der Waals surface area contributed by atoms with Crippen molar-refractivity contribution in [3.63, 3.8) is 0 Å². The molecule has 0 aliphatic carbocycles. The summed E-state index contributed by atoms with van der Waals surface area (Å²) in [6.07, 6.45) is 1.01. The number of nitrogens with one attached hydrogen (secondary N) is 1. The summed E-state index contributed by atoms with van der Waals surface area (Å²) in [6, 6.07) is 8.71. The lowest BCUT2D eigenvalue weighted by molar-refractivity contribution is -0.139. The van der Waals surface area contributed by atoms with Crippen molar-refractivity contribution in [3.05, 3.63) is 62.6 Å². The molecule has 2 amide bonds. The predicted molar refractivity (Wildman–Crippen MR) is 134 cm³/mol. The highest BCUT2D eigenvalue weighted by molar-refractivity contribution is 7.92. The minimum Gasteiger partial charge on any atom is -0.355 e. The van der Waals surface area contributed by atoms with Gasteiger partial charge in [-0.3, -0.25) is 13.9 Å². The Bertz CT molecular complexity index is 1120. The molecule has 0 radical (unpaired) electrons. The molecule has 1 N–H and O–H groups in total. The molecule has 2 aromatic rings. The average Bonchev–Trinajstić information content (AvgIpc) is 2.71. The second-order valence-corrected chi connectivity index (χ2v) is 10.7. The van der Waals surface area contributed by atoms with E-state index >= 15 is 0 Å². The molecule has 1 atom stereocenters. The van der Waals surface area contributed by atoms with Crippen molar-refractivity contribution >= 4 is 62.3 Å². The van der Waals surface area contributed by atoms with Gasteiger partial charge < -0.3 is 10.2 Å². The van der Waals surface area contributed by atoms with Crippen LogP contribution in [-0.2, 0) is 26.2 Å². The summed E-state index contributed by atoms with van der Waals surface area (Å²) < 4.78 is 26.2. The number of anilines is 1. The number of likely N-dealkylation sites (N-methyl/N-ethyl adjacent to an activating group) is 1. The highest BCUT2D eigenvalue weighted by Gasteiger charge is 2.31. The average molecular weight is 535 g/mol. The van der Waals surface area contributed by atoms with E-state index in [2.05, 4.69) is 5.32 Å². The first-order chi connectivity index (χ1) is 15.4. The standard InChI is InChI=1S/C22H26Cl3N3O4S/c1-5-26-22(30)15(3)27(12-17-18(24)7-6-8-19(17)25)21(29)13-28(33(4,31)32)20-10-9-16(23)11-14(20)2/h6-11,15H,5,12-13H2,1-4H3,(H,26,30)/t15-/m0/s1. The minimum absolute atomic E-state index is 0.0765. The quantitative estimate of drug-likeness (QED) is 0.520. The molecule has 180 valence electrons. The molecular formula is C22H26Cl3N3O4S. The van der Waals surface area contributed by atoms with E-state index in [1.165, 1.54) is 11.0 Å². The Hall–Kier alpha value is -2.00. The fraction of sp³-hybridized carbons (Fsp3) is 0.364. The first kappa shape index (κ1) is 27.2. The van der Waals surface area contributed by atoms with E-state index in [9.17, 15) is 18.0 Å². The van der Waals surface area contributed by atoms with Crippen LogP contribution in [0.25, 0.3) is 0 Å². The Labute approximate surface area is 209 Å². The summed E-state index contributed by atoms with van der Waals surface area (Å²) in [5.41, 5.74) is 1.36. The molecule has 0 fully saturated rings. The Morgan fingerprint density at radius 3 is 2.21 bits per heavy atom. The monoisotopic (exact) mass is 533 g/mol. The van der Waals surface area contributed by atoms with Gasteiger partial charge in [-0.25, -0.2) is 8.42 Å². The van der Waals surface area contributed by atoms with Crippen molar-refractivity contribution < 1.29 is 18.0 Å². The van der Waals surface area contributed by atoms with Crippen molar-refractivity contribution in [2.75, 3.05) is 23.7 Å². The van der Waals surface area contributed by atoms with Gasteiger partial charge in [-0.1, -0.05) is 40.9 Å². The van der Waals surface area contributed by atoms with Crippen molar-refractivity contribution in [1.29, 1.82) is 0 Å². The lowest BCUT2D eigenvalue weighted by atomic mass is 10.1. The first-order valence-corrected chi connectivity index (χ1v) is 13.1. The summed E-state index contributed by atoms with van der Waals surface area (Å²) in [7, 11) is -3.84. The Kier molecular flexibility index (Phi) is 9.43. The fourth-order valence-electron chi connectivity index (χ4n) is 3.25. The summed E-state index contributed by atoms with van der Waals surface area (Å²) in [4.78, 5) is 27.3. The van der Waals surface area contributed by atoms with Crippen LogP contribution in [0.2, 0.25) is 15.1 Å². The van der Waals surface area contributed by atoms with Crippen LogP contribution in [0.5, 0.6) is 0 Å². The van der Waals surface area contributed by atoms with Crippen LogP contribution in [0.15, 0.2) is 36.4 Å². The van der Waals surface area contributed by atoms with Crippen molar-refractivity contribution in [2.45, 2.75) is 33.4 Å². The second kappa shape index (κ2) is 11.4. The first-order valence-electron chi connectivity index (χ1n) is 10.1. The van der Waals surface area contributed by atoms with Gasteiger partial charge in [0.25, 0.3) is 0 Å². The van der Waals surface area contributed by atoms with Crippen molar-refractivity contribution in [1.82, 2.24) is 10.2 Å². The summed E-state index contributed by atoms with van der Waals surface area (Å²) >= 11 is 18.6. The highest BCUT2D eigenvalue weighted by Crippen LogP contribution is 2.28. The maximum absolute atomic E-state index is 13.5. The van der Waals surface area contributed by atoms with Gasteiger partial charge in [0, 0.05) is 33.7 Å². The SMILES string of the molecule is CCNC(=O)[C@H](C)N(Cc1c(Cl)cccc1Cl)C(=O)CN(c1ccc(Cl)cc1C)S(C)(=O)=O. The summed E-state index contributed by atoms with van der Waals surface area (Å²) in [6.45, 7) is 4.79. The molecule has 0 saturated carbocycles. The number of benzene rings is 2. The minimum atomic E-state index is -3.84. The van der Waals surface area contributed by atoms with E-state index in [1.807, 2.05) is 0 Å². The molecule has 7 nitrogen and oxygen atoms in total. The van der Waals surface area contributed by atoms with Gasteiger partial charge >= 0.3 is 0 Å². The molecule has 0 unspecified atom stereocenters. The van der Waals surface area contributed by atoms with Gasteiger partial charge in [-0.2, -0.15) is 0 Å². The van der Waals surface area contributed by atoms with E-state index in [1.54, 1.807) is 51.1 Å². The molecule has 33 heavy (non-hydrogen) atoms. The molecule has 0 saturated heterocycles. The van der Waals surface area contributed by atoms with Crippen LogP contribution in [-0.4, -0.2) is 50.5 Å². The smallest absolute Gasteiger partial charge is 0.244 e. The molecule has 2 aromatic carbocycles. The third kappa shape index (κ3) is 6.99. The van der Waals surface area contributed by atoms with E-state index < -0.39 is 28.5 Å². The van der Waals surface area contributed by atoms with Gasteiger partial charge in [-0.15, -0.1) is 0 Å².